The summed E-state index contributed by atoms with van der Waals surface area (Å²) in [5.41, 5.74) is 2.72. The predicted octanol–water partition coefficient (Wildman–Crippen LogP) is 5.81. The molecule has 0 amide bonds. The first-order valence-electron chi connectivity index (χ1n) is 7.91. The fourth-order valence-corrected chi connectivity index (χ4v) is 2.30. The summed E-state index contributed by atoms with van der Waals surface area (Å²) in [4.78, 5) is 0. The first-order valence-corrected chi connectivity index (χ1v) is 7.91. The van der Waals surface area contributed by atoms with E-state index in [4.69, 9.17) is 4.74 Å². The Bertz CT molecular complexity index is 404. The highest BCUT2D eigenvalue weighted by atomic mass is 16.5. The number of rotatable bonds is 8. The van der Waals surface area contributed by atoms with Gasteiger partial charge in [0.15, 0.2) is 0 Å². The van der Waals surface area contributed by atoms with Crippen molar-refractivity contribution in [2.24, 2.45) is 0 Å². The van der Waals surface area contributed by atoms with Gasteiger partial charge in [-0.25, -0.2) is 0 Å². The maximum Gasteiger partial charge on any atom is 0.0550 e. The molecule has 1 atom stereocenters. The average molecular weight is 274 g/mol. The van der Waals surface area contributed by atoms with Crippen molar-refractivity contribution in [1.82, 2.24) is 0 Å². The van der Waals surface area contributed by atoms with E-state index in [0.717, 1.165) is 12.8 Å². The molecule has 0 N–H and O–H groups in total. The molecule has 0 aliphatic rings. The fraction of sp³-hybridized carbons (Fsp3) is 0.579. The minimum absolute atomic E-state index is 0.333. The zero-order valence-corrected chi connectivity index (χ0v) is 13.7. The van der Waals surface area contributed by atoms with E-state index in [1.54, 1.807) is 0 Å². The summed E-state index contributed by atoms with van der Waals surface area (Å²) in [6.07, 6.45) is 8.66. The Morgan fingerprint density at radius 3 is 2.50 bits per heavy atom. The average Bonchev–Trinajstić information content (AvgIpc) is 2.37. The van der Waals surface area contributed by atoms with Crippen LogP contribution in [0.1, 0.15) is 70.9 Å². The van der Waals surface area contributed by atoms with Crippen molar-refractivity contribution >= 4 is 6.08 Å². The third-order valence-corrected chi connectivity index (χ3v) is 3.37. The van der Waals surface area contributed by atoms with Crippen LogP contribution in [0.15, 0.2) is 30.3 Å². The van der Waals surface area contributed by atoms with E-state index in [2.05, 4.69) is 71.0 Å². The highest BCUT2D eigenvalue weighted by Crippen LogP contribution is 2.16. The van der Waals surface area contributed by atoms with Gasteiger partial charge in [0.2, 0.25) is 0 Å². The molecule has 0 spiro atoms. The molecule has 0 unspecified atom stereocenters. The third kappa shape index (κ3) is 6.91. The minimum Gasteiger partial charge on any atom is -0.376 e. The number of ether oxygens (including phenoxy) is 1. The van der Waals surface area contributed by atoms with Gasteiger partial charge in [0.05, 0.1) is 12.2 Å². The predicted molar refractivity (Wildman–Crippen MR) is 89.1 cm³/mol. The van der Waals surface area contributed by atoms with Gasteiger partial charge in [-0.15, -0.1) is 0 Å². The topological polar surface area (TPSA) is 9.23 Å². The second-order valence-corrected chi connectivity index (χ2v) is 6.15. The second kappa shape index (κ2) is 8.97. The molecule has 0 aliphatic carbocycles. The maximum atomic E-state index is 5.73. The van der Waals surface area contributed by atoms with Crippen LogP contribution in [0.25, 0.3) is 6.08 Å². The molecule has 0 aromatic heterocycles. The van der Waals surface area contributed by atoms with E-state index >= 15 is 0 Å². The van der Waals surface area contributed by atoms with Gasteiger partial charge < -0.3 is 4.74 Å². The van der Waals surface area contributed by atoms with Crippen molar-refractivity contribution in [3.63, 3.8) is 0 Å². The summed E-state index contributed by atoms with van der Waals surface area (Å²) in [7, 11) is 0. The van der Waals surface area contributed by atoms with Gasteiger partial charge in [-0.2, -0.15) is 0 Å². The fourth-order valence-electron chi connectivity index (χ4n) is 2.30. The van der Waals surface area contributed by atoms with Gasteiger partial charge in [0, 0.05) is 0 Å². The third-order valence-electron chi connectivity index (χ3n) is 3.37. The molecular weight excluding hydrogens is 244 g/mol. The molecule has 0 saturated heterocycles. The lowest BCUT2D eigenvalue weighted by Crippen LogP contribution is -2.13. The van der Waals surface area contributed by atoms with Crippen molar-refractivity contribution in [3.8, 4) is 0 Å². The molecule has 1 heteroatoms. The number of hydrogen-bond donors (Lipinski definition) is 0. The Hall–Kier alpha value is -1.08. The summed E-state index contributed by atoms with van der Waals surface area (Å²) in [6.45, 7) is 10.8. The van der Waals surface area contributed by atoms with Crippen molar-refractivity contribution in [3.05, 3.63) is 41.5 Å². The van der Waals surface area contributed by atoms with E-state index in [1.807, 2.05) is 0 Å². The van der Waals surface area contributed by atoms with Crippen LogP contribution < -0.4 is 0 Å². The van der Waals surface area contributed by atoms with Crippen molar-refractivity contribution in [1.29, 1.82) is 0 Å². The Morgan fingerprint density at radius 1 is 1.10 bits per heavy atom. The molecule has 0 heterocycles. The van der Waals surface area contributed by atoms with Crippen molar-refractivity contribution in [2.75, 3.05) is 0 Å². The lowest BCUT2D eigenvalue weighted by atomic mass is 10.0. The molecule has 0 radical (unpaired) electrons. The molecular formula is C19H30O. The molecule has 1 nitrogen and oxygen atoms in total. The number of benzene rings is 1. The normalized spacial score (nSPS) is 13.6. The zero-order chi connectivity index (χ0) is 15.0. The monoisotopic (exact) mass is 274 g/mol. The van der Waals surface area contributed by atoms with Gasteiger partial charge in [0.1, 0.15) is 0 Å². The standard InChI is InChI=1S/C19H30O/c1-15(2)19-13-9-12-18(14-19)11-8-6-7-10-17(5)20-16(3)4/h8-9,11-17H,6-7,10H2,1-5H3/b11-8+/t17-/m1/s1. The van der Waals surface area contributed by atoms with E-state index < -0.39 is 0 Å². The Balaban J connectivity index is 2.33. The zero-order valence-electron chi connectivity index (χ0n) is 13.7. The number of hydrogen-bond acceptors (Lipinski definition) is 1. The van der Waals surface area contributed by atoms with E-state index in [-0.39, 0.29) is 0 Å². The van der Waals surface area contributed by atoms with Crippen LogP contribution in [0.3, 0.4) is 0 Å². The molecule has 20 heavy (non-hydrogen) atoms. The van der Waals surface area contributed by atoms with Crippen LogP contribution in [-0.2, 0) is 4.74 Å². The SMILES string of the molecule is CC(C)O[C@H](C)CCC/C=C/c1cccc(C(C)C)c1. The molecule has 112 valence electrons. The quantitative estimate of drug-likeness (QED) is 0.544. The molecule has 0 aliphatic heterocycles. The van der Waals surface area contributed by atoms with Gasteiger partial charge in [-0.05, 0) is 57.1 Å². The summed E-state index contributed by atoms with van der Waals surface area (Å²) >= 11 is 0. The first-order chi connectivity index (χ1) is 9.49. The summed E-state index contributed by atoms with van der Waals surface area (Å²) in [5, 5.41) is 0. The Labute approximate surface area is 125 Å². The van der Waals surface area contributed by atoms with Crippen LogP contribution in [0.5, 0.6) is 0 Å². The van der Waals surface area contributed by atoms with Gasteiger partial charge in [-0.3, -0.25) is 0 Å². The summed E-state index contributed by atoms with van der Waals surface area (Å²) in [6, 6.07) is 8.80. The molecule has 0 saturated carbocycles. The minimum atomic E-state index is 0.333. The van der Waals surface area contributed by atoms with E-state index in [9.17, 15) is 0 Å². The van der Waals surface area contributed by atoms with Crippen LogP contribution in [0.4, 0.5) is 0 Å². The first kappa shape index (κ1) is 17.0. The summed E-state index contributed by atoms with van der Waals surface area (Å²) < 4.78 is 5.73. The maximum absolute atomic E-state index is 5.73. The van der Waals surface area contributed by atoms with E-state index in [1.165, 1.54) is 17.5 Å². The van der Waals surface area contributed by atoms with Crippen molar-refractivity contribution in [2.45, 2.75) is 72.0 Å². The molecule has 1 rings (SSSR count). The second-order valence-electron chi connectivity index (χ2n) is 6.15. The highest BCUT2D eigenvalue weighted by Gasteiger charge is 2.03. The smallest absolute Gasteiger partial charge is 0.0550 e. The molecule has 1 aromatic rings. The van der Waals surface area contributed by atoms with Crippen molar-refractivity contribution < 1.29 is 4.74 Å². The van der Waals surface area contributed by atoms with Crippen LogP contribution in [0, 0.1) is 0 Å². The van der Waals surface area contributed by atoms with Gasteiger partial charge in [0.25, 0.3) is 0 Å². The summed E-state index contributed by atoms with van der Waals surface area (Å²) in [5.74, 6) is 0.595. The van der Waals surface area contributed by atoms with E-state index in [0.29, 0.717) is 18.1 Å². The highest BCUT2D eigenvalue weighted by molar-refractivity contribution is 5.50. The van der Waals surface area contributed by atoms with Crippen LogP contribution in [0.2, 0.25) is 0 Å². The van der Waals surface area contributed by atoms with Gasteiger partial charge in [-0.1, -0.05) is 50.3 Å². The molecule has 1 aromatic carbocycles. The largest absolute Gasteiger partial charge is 0.376 e. The Kier molecular flexibility index (Phi) is 7.61. The molecule has 0 fully saturated rings. The number of allylic oxidation sites excluding steroid dienone is 1. The lowest BCUT2D eigenvalue weighted by molar-refractivity contribution is 0.0136. The van der Waals surface area contributed by atoms with Crippen LogP contribution >= 0.6 is 0 Å². The van der Waals surface area contributed by atoms with Gasteiger partial charge >= 0.3 is 0 Å². The number of unbranched alkanes of at least 4 members (excludes halogenated alkanes) is 1. The van der Waals surface area contributed by atoms with Crippen LogP contribution in [-0.4, -0.2) is 12.2 Å². The Morgan fingerprint density at radius 2 is 1.85 bits per heavy atom. The lowest BCUT2D eigenvalue weighted by Gasteiger charge is -2.15. The molecule has 0 bridgehead atoms.